The number of rotatable bonds is 7. The first kappa shape index (κ1) is 20.4. The third-order valence-corrected chi connectivity index (χ3v) is 5.06. The Morgan fingerprint density at radius 1 is 1.19 bits per heavy atom. The summed E-state index contributed by atoms with van der Waals surface area (Å²) < 4.78 is 25.2. The normalized spacial score (nSPS) is 11.0. The smallest absolute Gasteiger partial charge is 0.258 e. The van der Waals surface area contributed by atoms with Crippen molar-refractivity contribution in [2.75, 3.05) is 27.4 Å². The van der Waals surface area contributed by atoms with E-state index in [9.17, 15) is 9.18 Å². The molecule has 8 nitrogen and oxygen atoms in total. The number of hydrogen-bond acceptors (Lipinski definition) is 5. The Hall–Kier alpha value is -3.88. The number of benzene rings is 2. The number of nitrogens with one attached hydrogen (secondary N) is 2. The van der Waals surface area contributed by atoms with Crippen molar-refractivity contribution in [2.24, 2.45) is 0 Å². The first-order valence-corrected chi connectivity index (χ1v) is 9.65. The van der Waals surface area contributed by atoms with Crippen LogP contribution in [-0.4, -0.2) is 53.1 Å². The molecular formula is C22H22FN5O3. The zero-order valence-corrected chi connectivity index (χ0v) is 17.4. The third-order valence-electron chi connectivity index (χ3n) is 5.06. The molecule has 9 heteroatoms. The lowest BCUT2D eigenvalue weighted by molar-refractivity contribution is 0.0944. The molecule has 0 saturated heterocycles. The monoisotopic (exact) mass is 423 g/mol. The van der Waals surface area contributed by atoms with Gasteiger partial charge in [0.1, 0.15) is 30.1 Å². The van der Waals surface area contributed by atoms with Crippen LogP contribution in [0.25, 0.3) is 27.8 Å². The van der Waals surface area contributed by atoms with Crippen molar-refractivity contribution in [3.63, 3.8) is 0 Å². The van der Waals surface area contributed by atoms with Gasteiger partial charge >= 0.3 is 0 Å². The maximum Gasteiger partial charge on any atom is 0.258 e. The number of hydrogen-bond donors (Lipinski definition) is 2. The first-order chi connectivity index (χ1) is 15.1. The van der Waals surface area contributed by atoms with E-state index in [-0.39, 0.29) is 12.1 Å². The second kappa shape index (κ2) is 8.47. The van der Waals surface area contributed by atoms with Crippen molar-refractivity contribution in [3.8, 4) is 28.3 Å². The molecule has 4 aromatic rings. The Labute approximate surface area is 178 Å². The van der Waals surface area contributed by atoms with Crippen LogP contribution in [0.4, 0.5) is 4.39 Å². The van der Waals surface area contributed by atoms with Crippen LogP contribution >= 0.6 is 0 Å². The van der Waals surface area contributed by atoms with Gasteiger partial charge < -0.3 is 14.8 Å². The van der Waals surface area contributed by atoms with Crippen molar-refractivity contribution < 1.29 is 18.7 Å². The highest BCUT2D eigenvalue weighted by molar-refractivity contribution is 6.00. The molecule has 0 spiro atoms. The zero-order valence-electron chi connectivity index (χ0n) is 17.4. The van der Waals surface area contributed by atoms with Crippen molar-refractivity contribution in [1.29, 1.82) is 0 Å². The van der Waals surface area contributed by atoms with Gasteiger partial charge in [-0.25, -0.2) is 9.37 Å². The molecule has 0 unspecified atom stereocenters. The number of halogens is 1. The van der Waals surface area contributed by atoms with E-state index >= 15 is 0 Å². The van der Waals surface area contributed by atoms with Crippen LogP contribution in [-0.2, 0) is 0 Å². The molecule has 0 atom stereocenters. The van der Waals surface area contributed by atoms with Crippen molar-refractivity contribution in [3.05, 3.63) is 54.1 Å². The summed E-state index contributed by atoms with van der Waals surface area (Å²) >= 11 is 0. The largest absolute Gasteiger partial charge is 0.496 e. The van der Waals surface area contributed by atoms with Crippen molar-refractivity contribution in [2.45, 2.75) is 6.92 Å². The molecule has 0 aliphatic rings. The van der Waals surface area contributed by atoms with Crippen molar-refractivity contribution >= 4 is 16.9 Å². The lowest BCUT2D eigenvalue weighted by atomic mass is 10.1. The van der Waals surface area contributed by atoms with Gasteiger partial charge in [-0.05, 0) is 24.6 Å². The molecule has 1 amide bonds. The quantitative estimate of drug-likeness (QED) is 0.475. The average Bonchev–Trinajstić information content (AvgIpc) is 3.41. The van der Waals surface area contributed by atoms with Crippen LogP contribution in [0.1, 0.15) is 16.1 Å². The number of imidazole rings is 1. The number of ether oxygens (including phenoxy) is 2. The van der Waals surface area contributed by atoms with Gasteiger partial charge in [0.05, 0.1) is 37.1 Å². The van der Waals surface area contributed by atoms with Crippen LogP contribution in [0.2, 0.25) is 0 Å². The standard InChI is InChI=1S/C22H22FN5O3/c1-13-16(11-26-27-13)14-4-5-18-17(8-14)25-12-28(18)15-9-19(30-2)21(20(10-15)31-3)22(29)24-7-6-23/h4-5,8-12H,6-7H2,1-3H3,(H,24,29)(H,26,27). The van der Waals surface area contributed by atoms with E-state index in [0.717, 1.165) is 27.9 Å². The minimum atomic E-state index is -0.657. The van der Waals surface area contributed by atoms with Gasteiger partial charge in [-0.2, -0.15) is 5.10 Å². The number of methoxy groups -OCH3 is 2. The molecule has 0 radical (unpaired) electrons. The minimum absolute atomic E-state index is 0.0858. The van der Waals surface area contributed by atoms with E-state index in [1.165, 1.54) is 14.2 Å². The predicted molar refractivity (Wildman–Crippen MR) is 115 cm³/mol. The molecule has 2 N–H and O–H groups in total. The van der Waals surface area contributed by atoms with Crippen molar-refractivity contribution in [1.82, 2.24) is 25.1 Å². The second-order valence-corrected chi connectivity index (χ2v) is 6.90. The number of carbonyl (C=O) groups excluding carboxylic acids is 1. The van der Waals surface area contributed by atoms with Gasteiger partial charge in [0.25, 0.3) is 5.91 Å². The molecule has 160 valence electrons. The molecule has 2 heterocycles. The summed E-state index contributed by atoms with van der Waals surface area (Å²) in [6, 6.07) is 9.43. The molecule has 4 rings (SSSR count). The van der Waals surface area contributed by atoms with Crippen LogP contribution in [0, 0.1) is 6.92 Å². The lowest BCUT2D eigenvalue weighted by Gasteiger charge is -2.16. The molecule has 0 saturated carbocycles. The molecule has 0 aliphatic heterocycles. The second-order valence-electron chi connectivity index (χ2n) is 6.90. The lowest BCUT2D eigenvalue weighted by Crippen LogP contribution is -2.26. The number of H-pyrrole nitrogens is 1. The van der Waals surface area contributed by atoms with Gasteiger partial charge in [0, 0.05) is 29.9 Å². The molecule has 2 aromatic carbocycles. The van der Waals surface area contributed by atoms with Gasteiger partial charge in [-0.15, -0.1) is 0 Å². The number of aromatic amines is 1. The number of carbonyl (C=O) groups is 1. The summed E-state index contributed by atoms with van der Waals surface area (Å²) in [5.74, 6) is 0.171. The number of amides is 1. The highest BCUT2D eigenvalue weighted by Crippen LogP contribution is 2.34. The number of aromatic nitrogens is 4. The van der Waals surface area contributed by atoms with E-state index in [1.807, 2.05) is 29.7 Å². The van der Waals surface area contributed by atoms with E-state index in [0.29, 0.717) is 17.2 Å². The SMILES string of the molecule is COc1cc(-n2cnc3cc(-c4cn[nH]c4C)ccc32)cc(OC)c1C(=O)NCCF. The highest BCUT2D eigenvalue weighted by Gasteiger charge is 2.21. The summed E-state index contributed by atoms with van der Waals surface area (Å²) in [4.78, 5) is 17.0. The maximum absolute atomic E-state index is 12.5. The minimum Gasteiger partial charge on any atom is -0.496 e. The zero-order chi connectivity index (χ0) is 22.0. The maximum atomic E-state index is 12.5. The van der Waals surface area contributed by atoms with Crippen LogP contribution < -0.4 is 14.8 Å². The van der Waals surface area contributed by atoms with Gasteiger partial charge in [0.15, 0.2) is 0 Å². The number of aryl methyl sites for hydroxylation is 1. The van der Waals surface area contributed by atoms with Crippen LogP contribution in [0.3, 0.4) is 0 Å². The Morgan fingerprint density at radius 3 is 2.55 bits per heavy atom. The average molecular weight is 423 g/mol. The Balaban J connectivity index is 1.79. The first-order valence-electron chi connectivity index (χ1n) is 9.65. The molecule has 0 aliphatic carbocycles. The van der Waals surface area contributed by atoms with E-state index in [4.69, 9.17) is 9.47 Å². The van der Waals surface area contributed by atoms with Gasteiger partial charge in [0.2, 0.25) is 0 Å². The third kappa shape index (κ3) is 3.70. The Morgan fingerprint density at radius 2 is 1.94 bits per heavy atom. The fourth-order valence-corrected chi connectivity index (χ4v) is 3.54. The summed E-state index contributed by atoms with van der Waals surface area (Å²) in [7, 11) is 2.94. The van der Waals surface area contributed by atoms with Gasteiger partial charge in [-0.1, -0.05) is 6.07 Å². The van der Waals surface area contributed by atoms with E-state index in [2.05, 4.69) is 20.5 Å². The number of fused-ring (bicyclic) bond motifs is 1. The predicted octanol–water partition coefficient (Wildman–Crippen LogP) is 3.44. The fraction of sp³-hybridized carbons (Fsp3) is 0.227. The molecular weight excluding hydrogens is 401 g/mol. The molecule has 2 aromatic heterocycles. The molecule has 31 heavy (non-hydrogen) atoms. The Kier molecular flexibility index (Phi) is 5.57. The van der Waals surface area contributed by atoms with E-state index in [1.54, 1.807) is 24.7 Å². The highest BCUT2D eigenvalue weighted by atomic mass is 19.1. The Bertz CT molecular complexity index is 1220. The topological polar surface area (TPSA) is 94.1 Å². The van der Waals surface area contributed by atoms with Crippen LogP contribution in [0.5, 0.6) is 11.5 Å². The van der Waals surface area contributed by atoms with Crippen LogP contribution in [0.15, 0.2) is 42.9 Å². The molecule has 0 fully saturated rings. The van der Waals surface area contributed by atoms with Gasteiger partial charge in [-0.3, -0.25) is 14.5 Å². The number of alkyl halides is 1. The summed E-state index contributed by atoms with van der Waals surface area (Å²) in [6.45, 7) is 1.22. The molecule has 0 bridgehead atoms. The van der Waals surface area contributed by atoms with E-state index < -0.39 is 12.6 Å². The summed E-state index contributed by atoms with van der Waals surface area (Å²) in [5.41, 5.74) is 5.62. The fourth-order valence-electron chi connectivity index (χ4n) is 3.54. The summed E-state index contributed by atoms with van der Waals surface area (Å²) in [6.07, 6.45) is 3.49. The summed E-state index contributed by atoms with van der Waals surface area (Å²) in [5, 5.41) is 9.53. The number of nitrogens with zero attached hydrogens (tertiary/aromatic N) is 3.